The summed E-state index contributed by atoms with van der Waals surface area (Å²) in [6.07, 6.45) is 5.41. The molecule has 24 heavy (non-hydrogen) atoms. The van der Waals surface area contributed by atoms with Gasteiger partial charge >= 0.3 is 0 Å². The molecule has 2 aliphatic heterocycles. The molecule has 3 nitrogen and oxygen atoms in total. The highest BCUT2D eigenvalue weighted by molar-refractivity contribution is 7.97. The van der Waals surface area contributed by atoms with Crippen molar-refractivity contribution in [2.75, 3.05) is 39.4 Å². The first-order valence-corrected chi connectivity index (χ1v) is 10.3. The number of nitrogens with zero attached hydrogens (tertiary/aromatic N) is 2. The van der Waals surface area contributed by atoms with E-state index in [1.54, 1.807) is 0 Å². The Hall–Kier alpha value is -0.550. The molecule has 0 radical (unpaired) electrons. The zero-order valence-corrected chi connectivity index (χ0v) is 16.1. The predicted molar refractivity (Wildman–Crippen MR) is 102 cm³/mol. The highest BCUT2D eigenvalue weighted by Crippen LogP contribution is 2.34. The van der Waals surface area contributed by atoms with Crippen molar-refractivity contribution in [3.05, 3.63) is 29.8 Å². The number of hydrogen-bond donors (Lipinski definition) is 0. The second-order valence-corrected chi connectivity index (χ2v) is 8.82. The fraction of sp³-hybridized carbons (Fsp3) is 0.700. The van der Waals surface area contributed by atoms with E-state index in [9.17, 15) is 0 Å². The molecule has 1 atom stereocenters. The molecule has 2 saturated heterocycles. The van der Waals surface area contributed by atoms with E-state index in [4.69, 9.17) is 4.74 Å². The van der Waals surface area contributed by atoms with Gasteiger partial charge in [-0.1, -0.05) is 32.4 Å². The van der Waals surface area contributed by atoms with E-state index in [0.29, 0.717) is 5.41 Å². The Morgan fingerprint density at radius 3 is 2.58 bits per heavy atom. The highest BCUT2D eigenvalue weighted by atomic mass is 32.2. The Morgan fingerprint density at radius 1 is 1.12 bits per heavy atom. The summed E-state index contributed by atoms with van der Waals surface area (Å²) in [5.41, 5.74) is 1.97. The minimum absolute atomic E-state index is 0.527. The second-order valence-electron chi connectivity index (χ2n) is 7.65. The number of likely N-dealkylation sites (tertiary alicyclic amines) is 1. The third-order valence-corrected chi connectivity index (χ3v) is 6.35. The Morgan fingerprint density at radius 2 is 1.88 bits per heavy atom. The third-order valence-electron chi connectivity index (χ3n) is 5.25. The molecule has 4 heteroatoms. The van der Waals surface area contributed by atoms with Crippen molar-refractivity contribution < 1.29 is 4.74 Å². The van der Waals surface area contributed by atoms with Gasteiger partial charge in [0, 0.05) is 31.1 Å². The first-order chi connectivity index (χ1) is 11.7. The van der Waals surface area contributed by atoms with Gasteiger partial charge < -0.3 is 4.74 Å². The Balaban J connectivity index is 1.52. The molecule has 1 unspecified atom stereocenters. The molecule has 0 N–H and O–H groups in total. The molecule has 0 spiro atoms. The summed E-state index contributed by atoms with van der Waals surface area (Å²) < 4.78 is 7.82. The first-order valence-electron chi connectivity index (χ1n) is 9.49. The van der Waals surface area contributed by atoms with Crippen LogP contribution < -0.4 is 0 Å². The van der Waals surface area contributed by atoms with Gasteiger partial charge in [-0.25, -0.2) is 4.31 Å². The maximum atomic E-state index is 5.41. The lowest BCUT2D eigenvalue weighted by Crippen LogP contribution is -2.41. The molecule has 0 bridgehead atoms. The maximum absolute atomic E-state index is 5.41. The van der Waals surface area contributed by atoms with Gasteiger partial charge in [0.25, 0.3) is 0 Å². The second kappa shape index (κ2) is 8.70. The quantitative estimate of drug-likeness (QED) is 0.707. The average Bonchev–Trinajstić information content (AvgIpc) is 2.58. The number of ether oxygens (including phenoxy) is 1. The number of piperidine rings is 1. The fourth-order valence-corrected chi connectivity index (χ4v) is 4.96. The van der Waals surface area contributed by atoms with Crippen LogP contribution >= 0.6 is 11.9 Å². The van der Waals surface area contributed by atoms with Gasteiger partial charge in [0.05, 0.1) is 13.2 Å². The SMILES string of the molecule is CCCC1(C)CCCN(Cc2ccc(SN3CCOCC3)cc2)C1. The van der Waals surface area contributed by atoms with E-state index in [1.807, 2.05) is 11.9 Å². The van der Waals surface area contributed by atoms with Crippen molar-refractivity contribution in [3.8, 4) is 0 Å². The summed E-state index contributed by atoms with van der Waals surface area (Å²) >= 11 is 1.87. The van der Waals surface area contributed by atoms with Crippen LogP contribution in [0.25, 0.3) is 0 Å². The van der Waals surface area contributed by atoms with Crippen LogP contribution in [0.3, 0.4) is 0 Å². The van der Waals surface area contributed by atoms with Crippen molar-refractivity contribution in [3.63, 3.8) is 0 Å². The van der Waals surface area contributed by atoms with Crippen LogP contribution in [-0.4, -0.2) is 48.6 Å². The van der Waals surface area contributed by atoms with E-state index in [1.165, 1.54) is 49.2 Å². The summed E-state index contributed by atoms with van der Waals surface area (Å²) in [6.45, 7) is 12.2. The van der Waals surface area contributed by atoms with E-state index >= 15 is 0 Å². The molecule has 0 aromatic heterocycles. The standard InChI is InChI=1S/C20H32N2OS/c1-3-9-20(2)10-4-11-21(17-20)16-18-5-7-19(8-6-18)24-22-12-14-23-15-13-22/h5-8H,3-4,9-17H2,1-2H3. The first kappa shape index (κ1) is 18.2. The predicted octanol–water partition coefficient (Wildman–Crippen LogP) is 4.43. The molecule has 134 valence electrons. The Labute approximate surface area is 151 Å². The van der Waals surface area contributed by atoms with Crippen LogP contribution in [0.1, 0.15) is 45.1 Å². The van der Waals surface area contributed by atoms with Crippen molar-refractivity contribution >= 4 is 11.9 Å². The van der Waals surface area contributed by atoms with E-state index in [0.717, 1.165) is 32.8 Å². The van der Waals surface area contributed by atoms with Gasteiger partial charge in [-0.2, -0.15) is 0 Å². The number of hydrogen-bond acceptors (Lipinski definition) is 4. The molecule has 1 aromatic rings. The summed E-state index contributed by atoms with van der Waals surface area (Å²) in [7, 11) is 0. The van der Waals surface area contributed by atoms with Crippen molar-refractivity contribution in [1.29, 1.82) is 0 Å². The normalized spacial score (nSPS) is 26.6. The minimum Gasteiger partial charge on any atom is -0.379 e. The van der Waals surface area contributed by atoms with E-state index in [-0.39, 0.29) is 0 Å². The van der Waals surface area contributed by atoms with Crippen LogP contribution in [0, 0.1) is 5.41 Å². The highest BCUT2D eigenvalue weighted by Gasteiger charge is 2.29. The lowest BCUT2D eigenvalue weighted by Gasteiger charge is -2.40. The van der Waals surface area contributed by atoms with Crippen LogP contribution in [0.2, 0.25) is 0 Å². The molecule has 0 aliphatic carbocycles. The van der Waals surface area contributed by atoms with Gasteiger partial charge in [0.15, 0.2) is 0 Å². The van der Waals surface area contributed by atoms with Crippen LogP contribution in [0.4, 0.5) is 0 Å². The molecule has 3 rings (SSSR count). The molecule has 0 amide bonds. The minimum atomic E-state index is 0.527. The van der Waals surface area contributed by atoms with Crippen molar-refractivity contribution in [1.82, 2.24) is 9.21 Å². The van der Waals surface area contributed by atoms with Gasteiger partial charge in [-0.3, -0.25) is 4.90 Å². The number of morpholine rings is 1. The summed E-state index contributed by atoms with van der Waals surface area (Å²) in [5, 5.41) is 0. The smallest absolute Gasteiger partial charge is 0.0603 e. The van der Waals surface area contributed by atoms with Crippen LogP contribution in [0.15, 0.2) is 29.2 Å². The van der Waals surface area contributed by atoms with Crippen molar-refractivity contribution in [2.24, 2.45) is 5.41 Å². The van der Waals surface area contributed by atoms with Gasteiger partial charge in [0.2, 0.25) is 0 Å². The zero-order valence-electron chi connectivity index (χ0n) is 15.3. The Kier molecular flexibility index (Phi) is 6.62. The van der Waals surface area contributed by atoms with Crippen molar-refractivity contribution in [2.45, 2.75) is 51.0 Å². The van der Waals surface area contributed by atoms with E-state index in [2.05, 4.69) is 47.3 Å². The molecule has 2 aliphatic rings. The lowest BCUT2D eigenvalue weighted by atomic mass is 9.78. The summed E-state index contributed by atoms with van der Waals surface area (Å²) in [5.74, 6) is 0. The van der Waals surface area contributed by atoms with Gasteiger partial charge in [-0.15, -0.1) is 0 Å². The molecule has 2 fully saturated rings. The van der Waals surface area contributed by atoms with Gasteiger partial charge in [0.1, 0.15) is 0 Å². The summed E-state index contributed by atoms with van der Waals surface area (Å²) in [6, 6.07) is 9.19. The lowest BCUT2D eigenvalue weighted by molar-refractivity contribution is 0.0773. The van der Waals surface area contributed by atoms with Crippen LogP contribution in [-0.2, 0) is 11.3 Å². The molecular weight excluding hydrogens is 316 g/mol. The third kappa shape index (κ3) is 5.22. The molecule has 1 aromatic carbocycles. The molecule has 0 saturated carbocycles. The zero-order chi connectivity index (χ0) is 16.8. The monoisotopic (exact) mass is 348 g/mol. The maximum Gasteiger partial charge on any atom is 0.0603 e. The summed E-state index contributed by atoms with van der Waals surface area (Å²) in [4.78, 5) is 4.00. The number of rotatable bonds is 6. The van der Waals surface area contributed by atoms with Crippen LogP contribution in [0.5, 0.6) is 0 Å². The fourth-order valence-electron chi connectivity index (χ4n) is 4.07. The average molecular weight is 349 g/mol. The number of benzene rings is 1. The molecule has 2 heterocycles. The van der Waals surface area contributed by atoms with Gasteiger partial charge in [-0.05, 0) is 60.9 Å². The Bertz CT molecular complexity index is 497. The molecular formula is C20H32N2OS. The van der Waals surface area contributed by atoms with E-state index < -0.39 is 0 Å². The topological polar surface area (TPSA) is 15.7 Å². The largest absolute Gasteiger partial charge is 0.379 e.